The number of hydrogen-bond acceptors (Lipinski definition) is 10. The molecule has 0 aliphatic heterocycles. The molecule has 0 saturated carbocycles. The number of aromatic amines is 1. The fraction of sp³-hybridized carbons (Fsp3) is 0.375. The highest BCUT2D eigenvalue weighted by molar-refractivity contribution is 6.03. The monoisotopic (exact) mass is 390 g/mol. The molecule has 0 fully saturated rings. The summed E-state index contributed by atoms with van der Waals surface area (Å²) in [4.78, 5) is 7.38. The average Bonchev–Trinajstić information content (AvgIpc) is 3.29. The maximum atomic E-state index is 10.4. The van der Waals surface area contributed by atoms with Crippen molar-refractivity contribution in [2.24, 2.45) is 0 Å². The van der Waals surface area contributed by atoms with Gasteiger partial charge < -0.3 is 35.6 Å². The van der Waals surface area contributed by atoms with Gasteiger partial charge in [-0.15, -0.1) is 10.2 Å². The number of para-hydroxylation sites is 1. The summed E-state index contributed by atoms with van der Waals surface area (Å²) >= 11 is 0. The minimum atomic E-state index is -1.96. The lowest BCUT2D eigenvalue weighted by Gasteiger charge is -2.27. The summed E-state index contributed by atoms with van der Waals surface area (Å²) in [6.07, 6.45) is -9.29. The number of nitrogens with one attached hydrogen (secondary N) is 1. The first-order valence-electron chi connectivity index (χ1n) is 8.43. The second kappa shape index (κ2) is 7.01. The highest BCUT2D eigenvalue weighted by Crippen LogP contribution is 2.24. The van der Waals surface area contributed by atoms with Crippen LogP contribution in [-0.2, 0) is 0 Å². The molecule has 4 rings (SSSR count). The first-order chi connectivity index (χ1) is 13.4. The number of aliphatic hydroxyl groups excluding tert-OH is 6. The molecular formula is C16H18N6O6. The smallest absolute Gasteiger partial charge is 0.274 e. The van der Waals surface area contributed by atoms with Crippen molar-refractivity contribution < 1.29 is 30.6 Å². The summed E-state index contributed by atoms with van der Waals surface area (Å²) in [6, 6.07) is 7.37. The lowest BCUT2D eigenvalue weighted by atomic mass is 9.99. The van der Waals surface area contributed by atoms with Crippen LogP contribution in [0.2, 0.25) is 0 Å². The second-order valence-corrected chi connectivity index (χ2v) is 6.42. The molecule has 7 N–H and O–H groups in total. The fourth-order valence-electron chi connectivity index (χ4n) is 3.01. The Morgan fingerprint density at radius 1 is 0.964 bits per heavy atom. The minimum absolute atomic E-state index is 0.0470. The summed E-state index contributed by atoms with van der Waals surface area (Å²) < 4.78 is 1.12. The molecule has 0 aliphatic rings. The van der Waals surface area contributed by atoms with Gasteiger partial charge in [-0.25, -0.2) is 0 Å². The summed E-state index contributed by atoms with van der Waals surface area (Å²) in [5.41, 5.74) is 1.75. The zero-order chi connectivity index (χ0) is 20.0. The van der Waals surface area contributed by atoms with Crippen LogP contribution in [0.3, 0.4) is 0 Å². The number of hydrogen-bond donors (Lipinski definition) is 7. The number of aliphatic hydroxyl groups is 6. The van der Waals surface area contributed by atoms with Crippen molar-refractivity contribution in [1.82, 2.24) is 29.8 Å². The van der Waals surface area contributed by atoms with Crippen molar-refractivity contribution in [1.29, 1.82) is 0 Å². The molecule has 28 heavy (non-hydrogen) atoms. The summed E-state index contributed by atoms with van der Waals surface area (Å²) in [5, 5.41) is 71.3. The van der Waals surface area contributed by atoms with Crippen molar-refractivity contribution in [2.45, 2.75) is 30.5 Å². The molecule has 148 valence electrons. The first-order valence-corrected chi connectivity index (χ1v) is 8.43. The van der Waals surface area contributed by atoms with Gasteiger partial charge in [0.15, 0.2) is 11.5 Å². The molecule has 0 spiro atoms. The van der Waals surface area contributed by atoms with Gasteiger partial charge in [-0.05, 0) is 6.07 Å². The van der Waals surface area contributed by atoms with Gasteiger partial charge in [-0.1, -0.05) is 18.2 Å². The molecule has 12 nitrogen and oxygen atoms in total. The molecule has 5 atom stereocenters. The molecule has 0 saturated heterocycles. The molecule has 0 bridgehead atoms. The van der Waals surface area contributed by atoms with Crippen molar-refractivity contribution in [3.63, 3.8) is 0 Å². The van der Waals surface area contributed by atoms with Crippen LogP contribution in [0.5, 0.6) is 0 Å². The molecule has 1 unspecified atom stereocenters. The Balaban J connectivity index is 1.74. The lowest BCUT2D eigenvalue weighted by molar-refractivity contribution is -0.142. The van der Waals surface area contributed by atoms with Crippen LogP contribution in [0.25, 0.3) is 27.8 Å². The Morgan fingerprint density at radius 2 is 1.71 bits per heavy atom. The number of nitrogens with zero attached hydrogens (tertiary/aromatic N) is 5. The van der Waals surface area contributed by atoms with Gasteiger partial charge in [0.25, 0.3) is 5.78 Å². The number of fused-ring (bicyclic) bond motifs is 4. The average molecular weight is 390 g/mol. The number of H-pyrrole nitrogens is 1. The highest BCUT2D eigenvalue weighted by atomic mass is 16.4. The Labute approximate surface area is 156 Å². The molecule has 3 aromatic heterocycles. The van der Waals surface area contributed by atoms with Crippen molar-refractivity contribution in [2.75, 3.05) is 6.61 Å². The molecule has 12 heteroatoms. The van der Waals surface area contributed by atoms with E-state index in [4.69, 9.17) is 5.11 Å². The Kier molecular flexibility index (Phi) is 4.66. The van der Waals surface area contributed by atoms with Crippen LogP contribution in [-0.4, -0.2) is 91.4 Å². The van der Waals surface area contributed by atoms with E-state index >= 15 is 0 Å². The maximum Gasteiger partial charge on any atom is 0.274 e. The van der Waals surface area contributed by atoms with E-state index in [9.17, 15) is 25.5 Å². The second-order valence-electron chi connectivity index (χ2n) is 6.42. The quantitative estimate of drug-likeness (QED) is 0.187. The normalized spacial score (nSPS) is 17.8. The first kappa shape index (κ1) is 18.6. The van der Waals surface area contributed by atoms with Gasteiger partial charge in [0.1, 0.15) is 36.0 Å². The fourth-order valence-corrected chi connectivity index (χ4v) is 3.01. The Bertz CT molecular complexity index is 1130. The molecule has 3 heterocycles. The van der Waals surface area contributed by atoms with Gasteiger partial charge >= 0.3 is 0 Å². The van der Waals surface area contributed by atoms with E-state index in [1.807, 2.05) is 24.3 Å². The molecule has 0 aliphatic carbocycles. The van der Waals surface area contributed by atoms with Gasteiger partial charge in [-0.2, -0.15) is 14.6 Å². The van der Waals surface area contributed by atoms with E-state index < -0.39 is 37.1 Å². The van der Waals surface area contributed by atoms with Crippen molar-refractivity contribution in [3.05, 3.63) is 30.1 Å². The molecule has 4 aromatic rings. The van der Waals surface area contributed by atoms with Crippen LogP contribution in [0.15, 0.2) is 24.3 Å². The minimum Gasteiger partial charge on any atom is -0.394 e. The van der Waals surface area contributed by atoms with Crippen LogP contribution in [0, 0.1) is 0 Å². The molecule has 0 radical (unpaired) electrons. The SMILES string of the molecule is OCC(O)[C@@H](O)[C@@H](O)[C@H](O)[C@@H](O)c1nnc2nc3[nH]c4ccccc4c3nn12. The topological polar surface area (TPSA) is 193 Å². The third-order valence-corrected chi connectivity index (χ3v) is 4.59. The largest absolute Gasteiger partial charge is 0.394 e. The van der Waals surface area contributed by atoms with Gasteiger partial charge in [0.2, 0.25) is 0 Å². The van der Waals surface area contributed by atoms with E-state index in [1.54, 1.807) is 0 Å². The zero-order valence-corrected chi connectivity index (χ0v) is 14.3. The predicted molar refractivity (Wildman–Crippen MR) is 94.0 cm³/mol. The molecular weight excluding hydrogens is 372 g/mol. The number of benzene rings is 1. The summed E-state index contributed by atoms with van der Waals surface area (Å²) in [7, 11) is 0. The molecule has 0 amide bonds. The van der Waals surface area contributed by atoms with Gasteiger partial charge in [-0.3, -0.25) is 0 Å². The van der Waals surface area contributed by atoms with E-state index in [-0.39, 0.29) is 11.6 Å². The maximum absolute atomic E-state index is 10.4. The summed E-state index contributed by atoms with van der Waals surface area (Å²) in [6.45, 7) is -0.834. The Morgan fingerprint density at radius 3 is 2.46 bits per heavy atom. The van der Waals surface area contributed by atoms with Crippen LogP contribution in [0.4, 0.5) is 0 Å². The van der Waals surface area contributed by atoms with Crippen molar-refractivity contribution in [3.8, 4) is 0 Å². The van der Waals surface area contributed by atoms with Crippen LogP contribution >= 0.6 is 0 Å². The standard InChI is InChI=1S/C16H18N6O6/c23-5-8(24)10(25)11(26)12(27)13(28)15-19-20-16-18-14-9(21-22(15)16)6-3-1-2-4-7(6)17-14/h1-4,8,10-13,23-28H,5H2,(H,17,18,20)/t8?,10-,11-,12+,13-/m1/s1. The predicted octanol–water partition coefficient (Wildman–Crippen LogP) is -2.38. The Hall–Kier alpha value is -2.74. The number of rotatable bonds is 6. The summed E-state index contributed by atoms with van der Waals surface area (Å²) in [5.74, 6) is -0.169. The van der Waals surface area contributed by atoms with E-state index in [0.29, 0.717) is 11.2 Å². The molecule has 1 aromatic carbocycles. The van der Waals surface area contributed by atoms with E-state index in [0.717, 1.165) is 15.4 Å². The lowest BCUT2D eigenvalue weighted by Crippen LogP contribution is -2.48. The highest BCUT2D eigenvalue weighted by Gasteiger charge is 2.37. The third-order valence-electron chi connectivity index (χ3n) is 4.59. The van der Waals surface area contributed by atoms with Crippen LogP contribution in [0.1, 0.15) is 11.9 Å². The van der Waals surface area contributed by atoms with Crippen molar-refractivity contribution >= 4 is 27.8 Å². The van der Waals surface area contributed by atoms with Gasteiger partial charge in [0, 0.05) is 10.9 Å². The van der Waals surface area contributed by atoms with Crippen LogP contribution < -0.4 is 0 Å². The van der Waals surface area contributed by atoms with E-state index in [2.05, 4.69) is 25.3 Å². The van der Waals surface area contributed by atoms with E-state index in [1.165, 1.54) is 0 Å². The number of aromatic nitrogens is 6. The third kappa shape index (κ3) is 2.88. The van der Waals surface area contributed by atoms with Gasteiger partial charge in [0.05, 0.1) is 6.61 Å². The zero-order valence-electron chi connectivity index (χ0n) is 14.3.